The Morgan fingerprint density at radius 2 is 1.90 bits per heavy atom. The zero-order chi connectivity index (χ0) is 14.4. The molecule has 0 aromatic rings. The van der Waals surface area contributed by atoms with Gasteiger partial charge in [0.2, 0.25) is 0 Å². The van der Waals surface area contributed by atoms with Gasteiger partial charge in [-0.1, -0.05) is 0 Å². The maximum Gasteiger partial charge on any atom is 0.251 e. The van der Waals surface area contributed by atoms with Gasteiger partial charge in [0, 0.05) is 27.2 Å². The molecule has 1 aliphatic heterocycles. The predicted molar refractivity (Wildman–Crippen MR) is 91.4 cm³/mol. The minimum atomic E-state index is -0.315. The molecule has 0 spiro atoms. The van der Waals surface area contributed by atoms with Crippen LogP contribution in [-0.2, 0) is 9.53 Å². The fourth-order valence-electron chi connectivity index (χ4n) is 2.15. The molecule has 1 aliphatic rings. The van der Waals surface area contributed by atoms with Gasteiger partial charge in [0.1, 0.15) is 6.10 Å². The summed E-state index contributed by atoms with van der Waals surface area (Å²) in [6.07, 6.45) is 1.31. The van der Waals surface area contributed by atoms with Crippen molar-refractivity contribution >= 4 is 35.8 Å². The van der Waals surface area contributed by atoms with Crippen molar-refractivity contribution in [2.24, 2.45) is 10.7 Å². The van der Waals surface area contributed by atoms with E-state index in [1.165, 1.54) is 0 Å². The van der Waals surface area contributed by atoms with Gasteiger partial charge in [0.25, 0.3) is 5.91 Å². The predicted octanol–water partition coefficient (Wildman–Crippen LogP) is 0.897. The third-order valence-corrected chi connectivity index (χ3v) is 3.37. The highest BCUT2D eigenvalue weighted by Crippen LogP contribution is 2.21. The van der Waals surface area contributed by atoms with Gasteiger partial charge < -0.3 is 20.3 Å². The number of likely N-dealkylation sites (N-methyl/N-ethyl adjacent to an activating group) is 1. The van der Waals surface area contributed by atoms with E-state index < -0.39 is 0 Å². The molecule has 0 radical (unpaired) electrons. The topological polar surface area (TPSA) is 71.2 Å². The number of nitrogens with two attached hydrogens (primary N) is 1. The molecule has 6 nitrogen and oxygen atoms in total. The van der Waals surface area contributed by atoms with Crippen molar-refractivity contribution in [2.45, 2.75) is 38.9 Å². The minimum absolute atomic E-state index is 0. The second-order valence-corrected chi connectivity index (χ2v) is 4.93. The molecule has 7 heteroatoms. The van der Waals surface area contributed by atoms with Crippen molar-refractivity contribution in [3.63, 3.8) is 0 Å². The maximum atomic E-state index is 11.8. The van der Waals surface area contributed by atoms with E-state index in [1.807, 2.05) is 18.7 Å². The summed E-state index contributed by atoms with van der Waals surface area (Å²) in [4.78, 5) is 19.7. The number of guanidine groups is 1. The summed E-state index contributed by atoms with van der Waals surface area (Å²) in [6.45, 7) is 6.31. The molecule has 1 fully saturated rings. The van der Waals surface area contributed by atoms with Crippen LogP contribution in [0.4, 0.5) is 0 Å². The lowest BCUT2D eigenvalue weighted by atomic mass is 10.2. The van der Waals surface area contributed by atoms with Crippen LogP contribution < -0.4 is 5.73 Å². The zero-order valence-corrected chi connectivity index (χ0v) is 15.2. The molecule has 0 aromatic carbocycles. The Bertz CT molecular complexity index is 332. The fourth-order valence-corrected chi connectivity index (χ4v) is 2.15. The maximum absolute atomic E-state index is 11.8. The smallest absolute Gasteiger partial charge is 0.251 e. The zero-order valence-electron chi connectivity index (χ0n) is 12.8. The van der Waals surface area contributed by atoms with Gasteiger partial charge in [-0.2, -0.15) is 0 Å². The van der Waals surface area contributed by atoms with Crippen LogP contribution in [0.25, 0.3) is 0 Å². The molecule has 1 saturated heterocycles. The van der Waals surface area contributed by atoms with E-state index in [1.54, 1.807) is 19.0 Å². The van der Waals surface area contributed by atoms with Gasteiger partial charge in [-0.25, -0.2) is 0 Å². The average Bonchev–Trinajstić information content (AvgIpc) is 2.85. The van der Waals surface area contributed by atoms with E-state index in [0.29, 0.717) is 12.5 Å². The first kappa shape index (κ1) is 19.4. The number of halogens is 1. The Balaban J connectivity index is 0.00000361. The van der Waals surface area contributed by atoms with Gasteiger partial charge in [-0.05, 0) is 26.7 Å². The number of ether oxygens (including phenoxy) is 1. The van der Waals surface area contributed by atoms with Crippen LogP contribution in [0.15, 0.2) is 4.99 Å². The number of aliphatic imine (C=N–C) groups is 1. The Kier molecular flexibility index (Phi) is 9.11. The number of carbonyl (C=O) groups excluding carboxylic acids is 1. The molecule has 2 N–H and O–H groups in total. The molecule has 118 valence electrons. The van der Waals surface area contributed by atoms with Crippen molar-refractivity contribution in [3.8, 4) is 0 Å². The molecule has 2 unspecified atom stereocenters. The summed E-state index contributed by atoms with van der Waals surface area (Å²) in [7, 11) is 3.49. The number of amides is 1. The van der Waals surface area contributed by atoms with E-state index in [4.69, 9.17) is 10.5 Å². The van der Waals surface area contributed by atoms with Crippen LogP contribution >= 0.6 is 24.0 Å². The third-order valence-electron chi connectivity index (χ3n) is 3.37. The van der Waals surface area contributed by atoms with Crippen LogP contribution in [0.5, 0.6) is 0 Å². The summed E-state index contributed by atoms with van der Waals surface area (Å²) < 4.78 is 5.71. The van der Waals surface area contributed by atoms with E-state index in [2.05, 4.69) is 4.99 Å². The SMILES string of the molecule is CCN(CC)C(N)=NCC1CCC(C(=O)N(C)C)O1.I. The Hall–Kier alpha value is -0.570. The van der Waals surface area contributed by atoms with Crippen molar-refractivity contribution in [1.82, 2.24) is 9.80 Å². The van der Waals surface area contributed by atoms with E-state index in [9.17, 15) is 4.79 Å². The van der Waals surface area contributed by atoms with E-state index >= 15 is 0 Å². The monoisotopic (exact) mass is 398 g/mol. The lowest BCUT2D eigenvalue weighted by Gasteiger charge is -2.20. The average molecular weight is 398 g/mol. The summed E-state index contributed by atoms with van der Waals surface area (Å²) in [5, 5.41) is 0. The molecule has 1 rings (SSSR count). The third kappa shape index (κ3) is 5.43. The molecule has 1 amide bonds. The van der Waals surface area contributed by atoms with Gasteiger partial charge in [-0.3, -0.25) is 9.79 Å². The highest BCUT2D eigenvalue weighted by atomic mass is 127. The number of hydrogen-bond acceptors (Lipinski definition) is 3. The number of carbonyl (C=O) groups is 1. The lowest BCUT2D eigenvalue weighted by Crippen LogP contribution is -2.38. The molecule has 20 heavy (non-hydrogen) atoms. The van der Waals surface area contributed by atoms with Gasteiger partial charge in [-0.15, -0.1) is 24.0 Å². The van der Waals surface area contributed by atoms with Gasteiger partial charge >= 0.3 is 0 Å². The van der Waals surface area contributed by atoms with Crippen molar-refractivity contribution in [2.75, 3.05) is 33.7 Å². The highest BCUT2D eigenvalue weighted by Gasteiger charge is 2.31. The standard InChI is InChI=1S/C13H26N4O2.HI/c1-5-17(6-2)13(14)15-9-10-7-8-11(19-10)12(18)16(3)4;/h10-11H,5-9H2,1-4H3,(H2,14,15);1H. The first-order valence-electron chi connectivity index (χ1n) is 6.91. The Labute approximate surface area is 138 Å². The number of rotatable bonds is 5. The molecule has 0 aliphatic carbocycles. The Morgan fingerprint density at radius 1 is 1.30 bits per heavy atom. The minimum Gasteiger partial charge on any atom is -0.370 e. The number of hydrogen-bond donors (Lipinski definition) is 1. The summed E-state index contributed by atoms with van der Waals surface area (Å²) in [5.74, 6) is 0.583. The first-order chi connectivity index (χ1) is 8.99. The molecule has 0 bridgehead atoms. The molecular formula is C13H27IN4O2. The van der Waals surface area contributed by atoms with Crippen LogP contribution in [0.1, 0.15) is 26.7 Å². The van der Waals surface area contributed by atoms with Crippen molar-refractivity contribution in [1.29, 1.82) is 0 Å². The van der Waals surface area contributed by atoms with E-state index in [0.717, 1.165) is 25.9 Å². The summed E-state index contributed by atoms with van der Waals surface area (Å²) >= 11 is 0. The summed E-state index contributed by atoms with van der Waals surface area (Å²) in [6, 6.07) is 0. The molecule has 0 saturated carbocycles. The largest absolute Gasteiger partial charge is 0.370 e. The lowest BCUT2D eigenvalue weighted by molar-refractivity contribution is -0.140. The van der Waals surface area contributed by atoms with Crippen LogP contribution in [0.3, 0.4) is 0 Å². The van der Waals surface area contributed by atoms with Crippen molar-refractivity contribution in [3.05, 3.63) is 0 Å². The van der Waals surface area contributed by atoms with Crippen molar-refractivity contribution < 1.29 is 9.53 Å². The molecule has 1 heterocycles. The molecule has 2 atom stereocenters. The second kappa shape index (κ2) is 9.38. The van der Waals surface area contributed by atoms with Gasteiger partial charge in [0.05, 0.1) is 12.6 Å². The highest BCUT2D eigenvalue weighted by molar-refractivity contribution is 14.0. The second-order valence-electron chi connectivity index (χ2n) is 4.93. The Morgan fingerprint density at radius 3 is 2.40 bits per heavy atom. The molecule has 0 aromatic heterocycles. The quantitative estimate of drug-likeness (QED) is 0.425. The number of nitrogens with zero attached hydrogens (tertiary/aromatic N) is 3. The summed E-state index contributed by atoms with van der Waals surface area (Å²) in [5.41, 5.74) is 5.90. The fraction of sp³-hybridized carbons (Fsp3) is 0.846. The normalized spacial score (nSPS) is 22.3. The van der Waals surface area contributed by atoms with Crippen LogP contribution in [0, 0.1) is 0 Å². The van der Waals surface area contributed by atoms with E-state index in [-0.39, 0.29) is 42.1 Å². The van der Waals surface area contributed by atoms with Crippen LogP contribution in [-0.4, -0.2) is 67.6 Å². The molecular weight excluding hydrogens is 371 g/mol. The van der Waals surface area contributed by atoms with Gasteiger partial charge in [0.15, 0.2) is 5.96 Å². The van der Waals surface area contributed by atoms with Crippen LogP contribution in [0.2, 0.25) is 0 Å². The first-order valence-corrected chi connectivity index (χ1v) is 6.91.